The second kappa shape index (κ2) is 9.11. The van der Waals surface area contributed by atoms with Gasteiger partial charge in [0.05, 0.1) is 19.2 Å². The summed E-state index contributed by atoms with van der Waals surface area (Å²) in [5, 5.41) is 8.26. The minimum atomic E-state index is 0.294. The van der Waals surface area contributed by atoms with Crippen LogP contribution in [0.15, 0.2) is 35.4 Å². The van der Waals surface area contributed by atoms with Crippen molar-refractivity contribution in [2.45, 2.75) is 38.3 Å². The van der Waals surface area contributed by atoms with Crippen LogP contribution in [-0.2, 0) is 11.3 Å². The summed E-state index contributed by atoms with van der Waals surface area (Å²) >= 11 is 5.28. The molecule has 130 valence electrons. The molecule has 24 heavy (non-hydrogen) atoms. The fourth-order valence-corrected chi connectivity index (χ4v) is 3.38. The van der Waals surface area contributed by atoms with E-state index in [1.807, 2.05) is 0 Å². The number of benzene rings is 1. The van der Waals surface area contributed by atoms with Crippen LogP contribution in [0.5, 0.6) is 0 Å². The van der Waals surface area contributed by atoms with Gasteiger partial charge in [0.2, 0.25) is 0 Å². The lowest BCUT2D eigenvalue weighted by molar-refractivity contribution is -0.914. The van der Waals surface area contributed by atoms with E-state index in [4.69, 9.17) is 17.0 Å². The first-order valence-corrected chi connectivity index (χ1v) is 9.29. The molecule has 3 rings (SSSR count). The normalized spacial score (nSPS) is 23.8. The number of likely N-dealkylation sites (tertiary alicyclic amines) is 1. The largest absolute Gasteiger partial charge is 0.376 e. The van der Waals surface area contributed by atoms with Gasteiger partial charge >= 0.3 is 0 Å². The predicted octanol–water partition coefficient (Wildman–Crippen LogP) is 0.864. The second-order valence-electron chi connectivity index (χ2n) is 6.55. The number of thiocarbonyl (C=S) groups is 1. The van der Waals surface area contributed by atoms with E-state index < -0.39 is 0 Å². The molecule has 2 fully saturated rings. The lowest BCUT2D eigenvalue weighted by Gasteiger charge is -2.24. The molecule has 0 amide bonds. The molecule has 0 aromatic heterocycles. The van der Waals surface area contributed by atoms with Crippen LogP contribution in [0.1, 0.15) is 31.2 Å². The molecule has 1 aromatic carbocycles. The summed E-state index contributed by atoms with van der Waals surface area (Å²) in [6.45, 7) is 5.00. The van der Waals surface area contributed by atoms with E-state index in [1.165, 1.54) is 11.3 Å². The van der Waals surface area contributed by atoms with Crippen LogP contribution in [0.2, 0.25) is 0 Å². The van der Waals surface area contributed by atoms with E-state index in [1.54, 1.807) is 4.90 Å². The Morgan fingerprint density at radius 1 is 1.25 bits per heavy atom. The molecule has 5 nitrogen and oxygen atoms in total. The maximum Gasteiger partial charge on any atom is 0.187 e. The van der Waals surface area contributed by atoms with Crippen molar-refractivity contribution in [2.75, 3.05) is 26.2 Å². The van der Waals surface area contributed by atoms with Crippen molar-refractivity contribution in [1.29, 1.82) is 0 Å². The van der Waals surface area contributed by atoms with Gasteiger partial charge in [-0.05, 0) is 25.1 Å². The molecule has 0 saturated carbocycles. The summed E-state index contributed by atoms with van der Waals surface area (Å²) in [6.07, 6.45) is 4.62. The van der Waals surface area contributed by atoms with Gasteiger partial charge in [0.15, 0.2) is 5.11 Å². The third-order valence-electron chi connectivity index (χ3n) is 4.66. The standard InChI is InChI=1S/C18H26N4OS/c24-18(19-13-17-7-4-12-23-17)21-20-16-8-10-22(11-9-16)14-15-5-2-1-3-6-15/h1-3,5-6,17H,4,7-14H2,(H2,19,21,24)/p+1/t17-/m0/s1. The van der Waals surface area contributed by atoms with Crippen LogP contribution >= 0.6 is 12.2 Å². The van der Waals surface area contributed by atoms with Crippen molar-refractivity contribution < 1.29 is 9.64 Å². The number of hydrazone groups is 1. The van der Waals surface area contributed by atoms with Crippen molar-refractivity contribution in [3.63, 3.8) is 0 Å². The van der Waals surface area contributed by atoms with E-state index in [0.29, 0.717) is 11.2 Å². The van der Waals surface area contributed by atoms with Gasteiger partial charge in [-0.15, -0.1) is 0 Å². The molecule has 3 N–H and O–H groups in total. The minimum Gasteiger partial charge on any atom is -0.376 e. The van der Waals surface area contributed by atoms with Crippen LogP contribution in [-0.4, -0.2) is 43.2 Å². The Morgan fingerprint density at radius 2 is 2.04 bits per heavy atom. The smallest absolute Gasteiger partial charge is 0.187 e. The molecule has 1 aromatic rings. The van der Waals surface area contributed by atoms with Crippen molar-refractivity contribution >= 4 is 23.0 Å². The number of nitrogens with zero attached hydrogens (tertiary/aromatic N) is 1. The maximum absolute atomic E-state index is 5.57. The lowest BCUT2D eigenvalue weighted by atomic mass is 10.1. The first-order chi connectivity index (χ1) is 11.8. The first-order valence-electron chi connectivity index (χ1n) is 8.88. The van der Waals surface area contributed by atoms with Gasteiger partial charge < -0.3 is 15.0 Å². The van der Waals surface area contributed by atoms with E-state index in [2.05, 4.69) is 46.2 Å². The van der Waals surface area contributed by atoms with Gasteiger partial charge in [0, 0.05) is 37.3 Å². The van der Waals surface area contributed by atoms with Gasteiger partial charge in [-0.25, -0.2) is 0 Å². The zero-order chi connectivity index (χ0) is 16.6. The van der Waals surface area contributed by atoms with E-state index >= 15 is 0 Å². The third-order valence-corrected chi connectivity index (χ3v) is 4.90. The van der Waals surface area contributed by atoms with Gasteiger partial charge in [-0.1, -0.05) is 30.3 Å². The molecular weight excluding hydrogens is 320 g/mol. The van der Waals surface area contributed by atoms with Crippen molar-refractivity contribution in [3.8, 4) is 0 Å². The quantitative estimate of drug-likeness (QED) is 0.546. The average Bonchev–Trinajstić information content (AvgIpc) is 3.14. The summed E-state index contributed by atoms with van der Waals surface area (Å²) < 4.78 is 5.57. The molecule has 2 heterocycles. The van der Waals surface area contributed by atoms with Crippen molar-refractivity contribution in [2.24, 2.45) is 5.10 Å². The van der Waals surface area contributed by atoms with Crippen LogP contribution in [0.25, 0.3) is 0 Å². The van der Waals surface area contributed by atoms with Gasteiger partial charge in [-0.2, -0.15) is 5.10 Å². The SMILES string of the molecule is S=C(NC[C@@H]1CCCO1)NN=C1CC[NH+](Cc2ccccc2)CC1. The number of quaternary nitrogens is 1. The summed E-state index contributed by atoms with van der Waals surface area (Å²) in [5.74, 6) is 0. The molecule has 0 spiro atoms. The lowest BCUT2D eigenvalue weighted by Crippen LogP contribution is -3.11. The van der Waals surface area contributed by atoms with Crippen LogP contribution in [0.3, 0.4) is 0 Å². The Hall–Kier alpha value is -1.50. The monoisotopic (exact) mass is 347 g/mol. The molecular formula is C18H27N4OS+. The van der Waals surface area contributed by atoms with E-state index in [-0.39, 0.29) is 0 Å². The van der Waals surface area contributed by atoms with E-state index in [9.17, 15) is 0 Å². The zero-order valence-electron chi connectivity index (χ0n) is 14.1. The Morgan fingerprint density at radius 3 is 2.75 bits per heavy atom. The van der Waals surface area contributed by atoms with Crippen molar-refractivity contribution in [1.82, 2.24) is 10.7 Å². The molecule has 0 radical (unpaired) electrons. The molecule has 2 aliphatic heterocycles. The fraction of sp³-hybridized carbons (Fsp3) is 0.556. The molecule has 0 aliphatic carbocycles. The number of rotatable bonds is 5. The zero-order valence-corrected chi connectivity index (χ0v) is 14.9. The molecule has 2 aliphatic rings. The molecule has 0 unspecified atom stereocenters. The molecule has 6 heteroatoms. The highest BCUT2D eigenvalue weighted by atomic mass is 32.1. The first kappa shape index (κ1) is 17.3. The maximum atomic E-state index is 5.57. The molecule has 2 saturated heterocycles. The van der Waals surface area contributed by atoms with Crippen LogP contribution < -0.4 is 15.6 Å². The van der Waals surface area contributed by atoms with Gasteiger partial charge in [0.25, 0.3) is 0 Å². The summed E-state index contributed by atoms with van der Waals surface area (Å²) in [5.41, 5.74) is 5.61. The number of hydrogen-bond acceptors (Lipinski definition) is 3. The second-order valence-corrected chi connectivity index (χ2v) is 6.96. The summed E-state index contributed by atoms with van der Waals surface area (Å²) in [6, 6.07) is 10.7. The van der Waals surface area contributed by atoms with Gasteiger partial charge in [-0.3, -0.25) is 5.43 Å². The van der Waals surface area contributed by atoms with E-state index in [0.717, 1.165) is 58.5 Å². The van der Waals surface area contributed by atoms with Crippen LogP contribution in [0, 0.1) is 0 Å². The number of ether oxygens (including phenoxy) is 1. The number of nitrogens with one attached hydrogen (secondary N) is 3. The van der Waals surface area contributed by atoms with Crippen molar-refractivity contribution in [3.05, 3.63) is 35.9 Å². The Bertz CT molecular complexity index is 547. The fourth-order valence-electron chi connectivity index (χ4n) is 3.25. The highest BCUT2D eigenvalue weighted by molar-refractivity contribution is 7.80. The Balaban J connectivity index is 1.34. The molecule has 1 atom stereocenters. The summed E-state index contributed by atoms with van der Waals surface area (Å²) in [7, 11) is 0. The molecule has 0 bridgehead atoms. The topological polar surface area (TPSA) is 50.1 Å². The van der Waals surface area contributed by atoms with Crippen LogP contribution in [0.4, 0.5) is 0 Å². The third kappa shape index (κ3) is 5.54. The number of hydrogen-bond donors (Lipinski definition) is 3. The predicted molar refractivity (Wildman–Crippen MR) is 100 cm³/mol. The average molecular weight is 348 g/mol. The highest BCUT2D eigenvalue weighted by Gasteiger charge is 2.19. The van der Waals surface area contributed by atoms with Gasteiger partial charge in [0.1, 0.15) is 6.54 Å². The minimum absolute atomic E-state index is 0.294. The Labute approximate surface area is 149 Å². The number of piperidine rings is 1. The summed E-state index contributed by atoms with van der Waals surface area (Å²) in [4.78, 5) is 1.62. The Kier molecular flexibility index (Phi) is 6.57. The highest BCUT2D eigenvalue weighted by Crippen LogP contribution is 2.10.